The van der Waals surface area contributed by atoms with Gasteiger partial charge in [0.1, 0.15) is 6.54 Å². The van der Waals surface area contributed by atoms with E-state index in [1.165, 1.54) is 4.80 Å². The van der Waals surface area contributed by atoms with Gasteiger partial charge in [-0.05, 0) is 41.3 Å². The number of thiophene rings is 1. The molecule has 1 aliphatic rings. The van der Waals surface area contributed by atoms with Crippen LogP contribution in [0.2, 0.25) is 0 Å². The van der Waals surface area contributed by atoms with Gasteiger partial charge in [-0.15, -0.1) is 10.2 Å². The van der Waals surface area contributed by atoms with Crippen LogP contribution in [0.3, 0.4) is 0 Å². The molecule has 0 saturated heterocycles. The minimum absolute atomic E-state index is 0.00598. The third-order valence-corrected chi connectivity index (χ3v) is 4.47. The maximum Gasteiger partial charge on any atom is 0.244 e. The predicted molar refractivity (Wildman–Crippen MR) is 90.3 cm³/mol. The highest BCUT2D eigenvalue weighted by Gasteiger charge is 2.17. The number of rotatable bonds is 5. The van der Waals surface area contributed by atoms with Crippen LogP contribution >= 0.6 is 11.3 Å². The maximum absolute atomic E-state index is 12.2. The van der Waals surface area contributed by atoms with E-state index in [9.17, 15) is 4.79 Å². The van der Waals surface area contributed by atoms with E-state index in [1.54, 1.807) is 11.3 Å². The predicted octanol–water partition coefficient (Wildman–Crippen LogP) is 2.01. The van der Waals surface area contributed by atoms with Crippen LogP contribution in [0.1, 0.15) is 18.5 Å². The van der Waals surface area contributed by atoms with Crippen molar-refractivity contribution in [1.82, 2.24) is 25.5 Å². The molecule has 128 valence electrons. The van der Waals surface area contributed by atoms with Crippen molar-refractivity contribution in [3.63, 3.8) is 0 Å². The van der Waals surface area contributed by atoms with Crippen LogP contribution in [0.5, 0.6) is 11.5 Å². The van der Waals surface area contributed by atoms with E-state index in [0.717, 1.165) is 16.9 Å². The van der Waals surface area contributed by atoms with Crippen LogP contribution in [0.4, 0.5) is 0 Å². The Bertz CT molecular complexity index is 893. The van der Waals surface area contributed by atoms with Crippen molar-refractivity contribution < 1.29 is 14.3 Å². The number of hydrogen-bond acceptors (Lipinski definition) is 7. The third-order valence-electron chi connectivity index (χ3n) is 3.79. The Morgan fingerprint density at radius 1 is 1.36 bits per heavy atom. The van der Waals surface area contributed by atoms with Gasteiger partial charge in [0.15, 0.2) is 11.5 Å². The van der Waals surface area contributed by atoms with Gasteiger partial charge in [0.05, 0.1) is 6.04 Å². The molecule has 3 aromatic rings. The molecule has 0 bridgehead atoms. The summed E-state index contributed by atoms with van der Waals surface area (Å²) in [5.41, 5.74) is 1.83. The number of fused-ring (bicyclic) bond motifs is 1. The van der Waals surface area contributed by atoms with E-state index in [0.29, 0.717) is 11.6 Å². The number of benzene rings is 1. The molecule has 0 aliphatic carbocycles. The van der Waals surface area contributed by atoms with Gasteiger partial charge in [0.25, 0.3) is 0 Å². The molecule has 4 rings (SSSR count). The molecule has 1 N–H and O–H groups in total. The topological polar surface area (TPSA) is 91.2 Å². The minimum Gasteiger partial charge on any atom is -0.454 e. The lowest BCUT2D eigenvalue weighted by atomic mass is 10.1. The first-order valence-corrected chi connectivity index (χ1v) is 8.62. The van der Waals surface area contributed by atoms with Crippen LogP contribution in [-0.4, -0.2) is 32.9 Å². The molecule has 25 heavy (non-hydrogen) atoms. The lowest BCUT2D eigenvalue weighted by molar-refractivity contribution is -0.122. The van der Waals surface area contributed by atoms with Crippen molar-refractivity contribution in [2.24, 2.45) is 0 Å². The van der Waals surface area contributed by atoms with Gasteiger partial charge >= 0.3 is 0 Å². The molecule has 0 unspecified atom stereocenters. The molecule has 2 aromatic heterocycles. The molecule has 1 aliphatic heterocycles. The first-order chi connectivity index (χ1) is 12.2. The first-order valence-electron chi connectivity index (χ1n) is 7.68. The highest BCUT2D eigenvalue weighted by atomic mass is 32.1. The number of aromatic nitrogens is 4. The lowest BCUT2D eigenvalue weighted by Gasteiger charge is -2.14. The number of nitrogens with one attached hydrogen (secondary N) is 1. The Hall–Kier alpha value is -2.94. The molecular weight excluding hydrogens is 342 g/mol. The van der Waals surface area contributed by atoms with Gasteiger partial charge in [0.2, 0.25) is 18.5 Å². The zero-order chi connectivity index (χ0) is 17.2. The summed E-state index contributed by atoms with van der Waals surface area (Å²) in [6.07, 6.45) is 0. The van der Waals surface area contributed by atoms with E-state index < -0.39 is 0 Å². The first kappa shape index (κ1) is 15.6. The Balaban J connectivity index is 1.38. The molecular formula is C16H15N5O3S. The second kappa shape index (κ2) is 6.52. The standard InChI is InChI=1S/C16H15N5O3S/c1-10(11-2-3-13-14(6-11)24-9-23-13)17-15(22)7-21-19-16(18-20-21)12-4-5-25-8-12/h2-6,8,10H,7,9H2,1H3,(H,17,22)/t10-/m1/s1. The van der Waals surface area contributed by atoms with Crippen LogP contribution in [0, 0.1) is 0 Å². The Morgan fingerprint density at radius 2 is 2.24 bits per heavy atom. The fourth-order valence-electron chi connectivity index (χ4n) is 2.50. The number of carbonyl (C=O) groups excluding carboxylic acids is 1. The monoisotopic (exact) mass is 357 g/mol. The summed E-state index contributed by atoms with van der Waals surface area (Å²) >= 11 is 1.56. The van der Waals surface area contributed by atoms with Crippen LogP contribution in [-0.2, 0) is 11.3 Å². The average molecular weight is 357 g/mol. The fraction of sp³-hybridized carbons (Fsp3) is 0.250. The van der Waals surface area contributed by atoms with Crippen LogP contribution < -0.4 is 14.8 Å². The SMILES string of the molecule is C[C@@H](NC(=O)Cn1nnc(-c2ccsc2)n1)c1ccc2c(c1)OCO2. The molecule has 3 heterocycles. The van der Waals surface area contributed by atoms with E-state index in [-0.39, 0.29) is 25.3 Å². The Kier molecular flexibility index (Phi) is 4.06. The van der Waals surface area contributed by atoms with Crippen molar-refractivity contribution in [2.45, 2.75) is 19.5 Å². The summed E-state index contributed by atoms with van der Waals surface area (Å²) < 4.78 is 10.7. The van der Waals surface area contributed by atoms with Crippen molar-refractivity contribution in [1.29, 1.82) is 0 Å². The number of tetrazole rings is 1. The molecule has 1 amide bonds. The quantitative estimate of drug-likeness (QED) is 0.751. The second-order valence-electron chi connectivity index (χ2n) is 5.56. The Morgan fingerprint density at radius 3 is 3.08 bits per heavy atom. The second-order valence-corrected chi connectivity index (χ2v) is 6.34. The lowest BCUT2D eigenvalue weighted by Crippen LogP contribution is -2.30. The van der Waals surface area contributed by atoms with E-state index in [1.807, 2.05) is 41.9 Å². The van der Waals surface area contributed by atoms with Crippen molar-refractivity contribution in [3.05, 3.63) is 40.6 Å². The summed E-state index contributed by atoms with van der Waals surface area (Å²) in [5, 5.41) is 18.9. The van der Waals surface area contributed by atoms with E-state index >= 15 is 0 Å². The van der Waals surface area contributed by atoms with Gasteiger partial charge in [-0.2, -0.15) is 16.1 Å². The highest BCUT2D eigenvalue weighted by Crippen LogP contribution is 2.34. The van der Waals surface area contributed by atoms with Crippen LogP contribution in [0.25, 0.3) is 11.4 Å². The van der Waals surface area contributed by atoms with Gasteiger partial charge < -0.3 is 14.8 Å². The largest absolute Gasteiger partial charge is 0.454 e. The summed E-state index contributed by atoms with van der Waals surface area (Å²) in [6, 6.07) is 7.35. The maximum atomic E-state index is 12.2. The summed E-state index contributed by atoms with van der Waals surface area (Å²) in [6.45, 7) is 2.14. The van der Waals surface area contributed by atoms with Gasteiger partial charge in [-0.3, -0.25) is 4.79 Å². The molecule has 0 saturated carbocycles. The zero-order valence-electron chi connectivity index (χ0n) is 13.4. The van der Waals surface area contributed by atoms with Gasteiger partial charge in [-0.25, -0.2) is 0 Å². The number of ether oxygens (including phenoxy) is 2. The van der Waals surface area contributed by atoms with E-state index in [2.05, 4.69) is 20.7 Å². The number of carbonyl (C=O) groups is 1. The van der Waals surface area contributed by atoms with E-state index in [4.69, 9.17) is 9.47 Å². The fourth-order valence-corrected chi connectivity index (χ4v) is 3.13. The number of hydrogen-bond donors (Lipinski definition) is 1. The zero-order valence-corrected chi connectivity index (χ0v) is 14.2. The highest BCUT2D eigenvalue weighted by molar-refractivity contribution is 7.08. The van der Waals surface area contributed by atoms with Gasteiger partial charge in [0, 0.05) is 10.9 Å². The minimum atomic E-state index is -0.195. The number of amides is 1. The molecule has 0 fully saturated rings. The van der Waals surface area contributed by atoms with Crippen LogP contribution in [0.15, 0.2) is 35.0 Å². The summed E-state index contributed by atoms with van der Waals surface area (Å²) in [5.74, 6) is 1.73. The number of nitrogens with zero attached hydrogens (tertiary/aromatic N) is 4. The van der Waals surface area contributed by atoms with Gasteiger partial charge in [-0.1, -0.05) is 6.07 Å². The molecule has 1 aromatic carbocycles. The smallest absolute Gasteiger partial charge is 0.244 e. The normalized spacial score (nSPS) is 13.6. The molecule has 9 heteroatoms. The van der Waals surface area contributed by atoms with Crippen molar-refractivity contribution in [3.8, 4) is 22.9 Å². The average Bonchev–Trinajstić information content (AvgIpc) is 3.34. The summed E-state index contributed by atoms with van der Waals surface area (Å²) in [4.78, 5) is 13.5. The van der Waals surface area contributed by atoms with Crippen molar-refractivity contribution in [2.75, 3.05) is 6.79 Å². The molecule has 1 atom stereocenters. The molecule has 8 nitrogen and oxygen atoms in total. The molecule has 0 spiro atoms. The van der Waals surface area contributed by atoms with Crippen molar-refractivity contribution >= 4 is 17.2 Å². The Labute approximate surface area is 147 Å². The summed E-state index contributed by atoms with van der Waals surface area (Å²) in [7, 11) is 0. The molecule has 0 radical (unpaired) electrons. The third kappa shape index (κ3) is 3.31.